The van der Waals surface area contributed by atoms with Crippen LogP contribution in [0.3, 0.4) is 0 Å². The van der Waals surface area contributed by atoms with Gasteiger partial charge in [0.2, 0.25) is 0 Å². The molecule has 2 heterocycles. The van der Waals surface area contributed by atoms with Crippen LogP contribution in [0.2, 0.25) is 5.02 Å². The Morgan fingerprint density at radius 2 is 1.73 bits per heavy atom. The average Bonchev–Trinajstić information content (AvgIpc) is 3.29. The van der Waals surface area contributed by atoms with E-state index in [1.165, 1.54) is 22.4 Å². The third kappa shape index (κ3) is 3.99. The zero-order valence-corrected chi connectivity index (χ0v) is 18.3. The van der Waals surface area contributed by atoms with E-state index < -0.39 is 4.92 Å². The van der Waals surface area contributed by atoms with Gasteiger partial charge in [0.1, 0.15) is 5.69 Å². The molecule has 0 atom stereocenters. The highest BCUT2D eigenvalue weighted by Gasteiger charge is 2.26. The SMILES string of the molecule is O=C(c1cc(-c2ccccc2Cl)nn1-c1cccc([N+](=O)[O-])c1)N1CCc2ccccc2C1. The predicted molar refractivity (Wildman–Crippen MR) is 126 cm³/mol. The molecule has 3 aromatic carbocycles. The standard InChI is InChI=1S/C25H19ClN4O3/c26-22-11-4-3-10-21(22)23-15-24(29(27-23)19-8-5-9-20(14-19)30(32)33)25(31)28-13-12-17-6-1-2-7-18(17)16-28/h1-11,14-15H,12-13,16H2. The third-order valence-corrected chi connectivity index (χ3v) is 6.11. The number of nitro groups is 1. The number of nitrogens with zero attached hydrogens (tertiary/aromatic N) is 4. The number of amides is 1. The average molecular weight is 459 g/mol. The van der Waals surface area contributed by atoms with E-state index in [4.69, 9.17) is 11.6 Å². The molecule has 0 unspecified atom stereocenters. The quantitative estimate of drug-likeness (QED) is 0.307. The van der Waals surface area contributed by atoms with Crippen molar-refractivity contribution in [2.24, 2.45) is 0 Å². The number of fused-ring (bicyclic) bond motifs is 1. The van der Waals surface area contributed by atoms with Crippen LogP contribution in [-0.2, 0) is 13.0 Å². The van der Waals surface area contributed by atoms with Crippen molar-refractivity contribution in [2.75, 3.05) is 6.54 Å². The maximum absolute atomic E-state index is 13.7. The van der Waals surface area contributed by atoms with E-state index in [0.717, 1.165) is 12.0 Å². The van der Waals surface area contributed by atoms with Crippen molar-refractivity contribution >= 4 is 23.2 Å². The minimum Gasteiger partial charge on any atom is -0.333 e. The van der Waals surface area contributed by atoms with Crippen LogP contribution in [0.5, 0.6) is 0 Å². The van der Waals surface area contributed by atoms with E-state index >= 15 is 0 Å². The minimum atomic E-state index is -0.467. The number of rotatable bonds is 4. The second kappa shape index (κ2) is 8.52. The fourth-order valence-corrected chi connectivity index (χ4v) is 4.33. The molecule has 1 amide bonds. The lowest BCUT2D eigenvalue weighted by atomic mass is 9.99. The summed E-state index contributed by atoms with van der Waals surface area (Å²) in [7, 11) is 0. The van der Waals surface area contributed by atoms with E-state index in [2.05, 4.69) is 11.2 Å². The van der Waals surface area contributed by atoms with Gasteiger partial charge in [0.05, 0.1) is 21.3 Å². The van der Waals surface area contributed by atoms with E-state index in [1.54, 1.807) is 29.2 Å². The van der Waals surface area contributed by atoms with Crippen LogP contribution in [0, 0.1) is 10.1 Å². The Labute approximate surface area is 195 Å². The Morgan fingerprint density at radius 3 is 2.52 bits per heavy atom. The summed E-state index contributed by atoms with van der Waals surface area (Å²) < 4.78 is 1.47. The van der Waals surface area contributed by atoms with Crippen molar-refractivity contribution < 1.29 is 9.72 Å². The first-order valence-corrected chi connectivity index (χ1v) is 10.8. The number of halogens is 1. The van der Waals surface area contributed by atoms with Gasteiger partial charge in [-0.25, -0.2) is 4.68 Å². The van der Waals surface area contributed by atoms with Crippen LogP contribution < -0.4 is 0 Å². The number of carbonyl (C=O) groups is 1. The lowest BCUT2D eigenvalue weighted by Crippen LogP contribution is -2.37. The van der Waals surface area contributed by atoms with E-state index in [9.17, 15) is 14.9 Å². The van der Waals surface area contributed by atoms with E-state index in [0.29, 0.717) is 40.8 Å². The number of benzene rings is 3. The molecule has 1 aliphatic rings. The van der Waals surface area contributed by atoms with E-state index in [1.807, 2.05) is 36.4 Å². The molecule has 0 aliphatic carbocycles. The fraction of sp³-hybridized carbons (Fsp3) is 0.120. The predicted octanol–water partition coefficient (Wildman–Crippen LogP) is 5.30. The molecule has 0 saturated carbocycles. The summed E-state index contributed by atoms with van der Waals surface area (Å²) in [6.45, 7) is 1.08. The maximum Gasteiger partial charge on any atom is 0.272 e. The second-order valence-corrected chi connectivity index (χ2v) is 8.24. The van der Waals surface area contributed by atoms with Gasteiger partial charge in [0.15, 0.2) is 0 Å². The molecular weight excluding hydrogens is 440 g/mol. The largest absolute Gasteiger partial charge is 0.333 e. The molecule has 0 fully saturated rings. The van der Waals surface area contributed by atoms with Crippen LogP contribution in [-0.4, -0.2) is 32.1 Å². The highest BCUT2D eigenvalue weighted by atomic mass is 35.5. The summed E-state index contributed by atoms with van der Waals surface area (Å²) in [6, 6.07) is 23.1. The molecule has 7 nitrogen and oxygen atoms in total. The summed E-state index contributed by atoms with van der Waals surface area (Å²) in [5.74, 6) is -0.193. The van der Waals surface area contributed by atoms with E-state index in [-0.39, 0.29) is 11.6 Å². The van der Waals surface area contributed by atoms with Gasteiger partial charge in [-0.05, 0) is 35.7 Å². The molecule has 33 heavy (non-hydrogen) atoms. The molecule has 8 heteroatoms. The molecule has 0 bridgehead atoms. The molecule has 1 aromatic heterocycles. The van der Waals surface area contributed by atoms with Gasteiger partial charge >= 0.3 is 0 Å². The highest BCUT2D eigenvalue weighted by Crippen LogP contribution is 2.30. The number of hydrogen-bond donors (Lipinski definition) is 0. The van der Waals surface area contributed by atoms with Crippen molar-refractivity contribution in [2.45, 2.75) is 13.0 Å². The smallest absolute Gasteiger partial charge is 0.272 e. The zero-order chi connectivity index (χ0) is 22.9. The molecule has 0 radical (unpaired) electrons. The normalized spacial score (nSPS) is 12.9. The second-order valence-electron chi connectivity index (χ2n) is 7.83. The summed E-state index contributed by atoms with van der Waals surface area (Å²) >= 11 is 6.38. The van der Waals surface area contributed by atoms with Crippen LogP contribution in [0.4, 0.5) is 5.69 Å². The molecule has 0 spiro atoms. The Hall–Kier alpha value is -3.97. The van der Waals surface area contributed by atoms with Crippen molar-refractivity contribution in [3.8, 4) is 16.9 Å². The third-order valence-electron chi connectivity index (χ3n) is 5.78. The maximum atomic E-state index is 13.7. The Bertz CT molecular complexity index is 1380. The number of carbonyl (C=O) groups excluding carboxylic acids is 1. The number of non-ortho nitro benzene ring substituents is 1. The Morgan fingerprint density at radius 1 is 0.970 bits per heavy atom. The van der Waals surface area contributed by atoms with Crippen molar-refractivity contribution in [3.05, 3.63) is 111 Å². The van der Waals surface area contributed by atoms with Crippen LogP contribution in [0.15, 0.2) is 78.9 Å². The van der Waals surface area contributed by atoms with Gasteiger partial charge in [0.25, 0.3) is 11.6 Å². The minimum absolute atomic E-state index is 0.0763. The van der Waals surface area contributed by atoms with Crippen molar-refractivity contribution in [1.29, 1.82) is 0 Å². The zero-order valence-electron chi connectivity index (χ0n) is 17.5. The highest BCUT2D eigenvalue weighted by molar-refractivity contribution is 6.33. The molecular formula is C25H19ClN4O3. The molecule has 1 aliphatic heterocycles. The topological polar surface area (TPSA) is 81.3 Å². The molecule has 5 rings (SSSR count). The Kier molecular flexibility index (Phi) is 5.40. The number of nitro benzene ring substituents is 1. The van der Waals surface area contributed by atoms with Gasteiger partial charge in [0, 0.05) is 30.8 Å². The number of hydrogen-bond acceptors (Lipinski definition) is 4. The molecule has 0 N–H and O–H groups in total. The molecule has 0 saturated heterocycles. The molecule has 4 aromatic rings. The van der Waals surface area contributed by atoms with Crippen molar-refractivity contribution in [3.63, 3.8) is 0 Å². The summed E-state index contributed by atoms with van der Waals surface area (Å²) in [4.78, 5) is 26.3. The van der Waals surface area contributed by atoms with Crippen molar-refractivity contribution in [1.82, 2.24) is 14.7 Å². The fourth-order valence-electron chi connectivity index (χ4n) is 4.10. The first kappa shape index (κ1) is 20.9. The monoisotopic (exact) mass is 458 g/mol. The lowest BCUT2D eigenvalue weighted by molar-refractivity contribution is -0.384. The summed E-state index contributed by atoms with van der Waals surface area (Å²) in [5.41, 5.74) is 4.24. The van der Waals surface area contributed by atoms with Crippen LogP contribution in [0.25, 0.3) is 16.9 Å². The molecule has 164 valence electrons. The van der Waals surface area contributed by atoms with Gasteiger partial charge in [-0.3, -0.25) is 14.9 Å². The van der Waals surface area contributed by atoms with Gasteiger partial charge in [-0.1, -0.05) is 60.1 Å². The first-order chi connectivity index (χ1) is 16.0. The number of aromatic nitrogens is 2. The summed E-state index contributed by atoms with van der Waals surface area (Å²) in [6.07, 6.45) is 0.768. The Balaban J connectivity index is 1.60. The van der Waals surface area contributed by atoms with Gasteiger partial charge in [-0.2, -0.15) is 5.10 Å². The summed E-state index contributed by atoms with van der Waals surface area (Å²) in [5, 5.41) is 16.5. The van der Waals surface area contributed by atoms with Gasteiger partial charge < -0.3 is 4.90 Å². The first-order valence-electron chi connectivity index (χ1n) is 10.5. The van der Waals surface area contributed by atoms with Crippen LogP contribution in [0.1, 0.15) is 21.6 Å². The van der Waals surface area contributed by atoms with Gasteiger partial charge in [-0.15, -0.1) is 0 Å². The lowest BCUT2D eigenvalue weighted by Gasteiger charge is -2.28. The van der Waals surface area contributed by atoms with Crippen LogP contribution >= 0.6 is 11.6 Å².